The fourth-order valence-electron chi connectivity index (χ4n) is 0.867. The van der Waals surface area contributed by atoms with Gasteiger partial charge < -0.3 is 0 Å². The Kier molecular flexibility index (Phi) is 3.41. The molecule has 0 radical (unpaired) electrons. The number of benzene rings is 1. The average Bonchev–Trinajstić information content (AvgIpc) is 2.01. The van der Waals surface area contributed by atoms with Crippen LogP contribution in [-0.4, -0.2) is 5.24 Å². The molecule has 0 saturated heterocycles. The van der Waals surface area contributed by atoms with Crippen LogP contribution < -0.4 is 0 Å². The summed E-state index contributed by atoms with van der Waals surface area (Å²) >= 11 is 6.63. The van der Waals surface area contributed by atoms with Crippen molar-refractivity contribution in [3.63, 3.8) is 0 Å². The molecule has 0 aliphatic rings. The predicted octanol–water partition coefficient (Wildman–Crippen LogP) is 3.69. The molecule has 0 heterocycles. The molecule has 0 atom stereocenters. The van der Waals surface area contributed by atoms with Crippen molar-refractivity contribution in [3.05, 3.63) is 32.9 Å². The molecule has 0 aromatic heterocycles. The SMILES string of the molecule is O=C(Cl)c1ccc(C(F)(F)F)c(I)c1. The first-order valence-electron chi connectivity index (χ1n) is 3.39. The maximum atomic E-state index is 12.3. The number of hydrogen-bond acceptors (Lipinski definition) is 1. The van der Waals surface area contributed by atoms with Gasteiger partial charge in [-0.15, -0.1) is 0 Å². The number of carbonyl (C=O) groups excluding carboxylic acids is 1. The van der Waals surface area contributed by atoms with E-state index in [1.54, 1.807) is 0 Å². The van der Waals surface area contributed by atoms with E-state index in [1.807, 2.05) is 0 Å². The van der Waals surface area contributed by atoms with Gasteiger partial charge in [-0.2, -0.15) is 13.2 Å². The summed E-state index contributed by atoms with van der Waals surface area (Å²) < 4.78 is 36.7. The molecule has 0 unspecified atom stereocenters. The van der Waals surface area contributed by atoms with E-state index in [2.05, 4.69) is 0 Å². The van der Waals surface area contributed by atoms with E-state index in [0.717, 1.165) is 18.2 Å². The highest BCUT2D eigenvalue weighted by Crippen LogP contribution is 2.33. The zero-order chi connectivity index (χ0) is 10.9. The van der Waals surface area contributed by atoms with Crippen LogP contribution in [0.2, 0.25) is 0 Å². The second-order valence-electron chi connectivity index (χ2n) is 2.47. The lowest BCUT2D eigenvalue weighted by atomic mass is 10.1. The molecule has 6 heteroatoms. The van der Waals surface area contributed by atoms with E-state index in [9.17, 15) is 18.0 Å². The van der Waals surface area contributed by atoms with Gasteiger partial charge in [0.2, 0.25) is 0 Å². The Hall–Kier alpha value is -0.300. The van der Waals surface area contributed by atoms with Crippen molar-refractivity contribution in [1.82, 2.24) is 0 Å². The van der Waals surface area contributed by atoms with Crippen molar-refractivity contribution < 1.29 is 18.0 Å². The van der Waals surface area contributed by atoms with E-state index in [1.165, 1.54) is 22.6 Å². The van der Waals surface area contributed by atoms with Gasteiger partial charge in [0.15, 0.2) is 0 Å². The van der Waals surface area contributed by atoms with Crippen molar-refractivity contribution in [1.29, 1.82) is 0 Å². The van der Waals surface area contributed by atoms with E-state index in [-0.39, 0.29) is 9.13 Å². The normalized spacial score (nSPS) is 11.5. The maximum Gasteiger partial charge on any atom is 0.417 e. The third-order valence-electron chi connectivity index (χ3n) is 1.50. The van der Waals surface area contributed by atoms with Gasteiger partial charge >= 0.3 is 6.18 Å². The van der Waals surface area contributed by atoms with Crippen LogP contribution in [0.4, 0.5) is 13.2 Å². The third kappa shape index (κ3) is 2.60. The molecule has 0 aliphatic heterocycles. The Balaban J connectivity index is 3.21. The van der Waals surface area contributed by atoms with Gasteiger partial charge in [-0.3, -0.25) is 4.79 Å². The van der Waals surface area contributed by atoms with E-state index in [4.69, 9.17) is 11.6 Å². The fraction of sp³-hybridized carbons (Fsp3) is 0.125. The minimum Gasteiger partial charge on any atom is -0.276 e. The first kappa shape index (κ1) is 11.8. The van der Waals surface area contributed by atoms with Crippen molar-refractivity contribution in [2.45, 2.75) is 6.18 Å². The smallest absolute Gasteiger partial charge is 0.276 e. The van der Waals surface area contributed by atoms with Crippen LogP contribution in [0, 0.1) is 3.57 Å². The Labute approximate surface area is 96.4 Å². The van der Waals surface area contributed by atoms with Crippen molar-refractivity contribution >= 4 is 39.4 Å². The van der Waals surface area contributed by atoms with Gasteiger partial charge in [0.25, 0.3) is 5.24 Å². The molecule has 1 nitrogen and oxygen atoms in total. The molecular formula is C8H3ClF3IO. The van der Waals surface area contributed by atoms with Crippen LogP contribution in [0.3, 0.4) is 0 Å². The quantitative estimate of drug-likeness (QED) is 0.565. The molecule has 0 N–H and O–H groups in total. The number of carbonyl (C=O) groups is 1. The average molecular weight is 334 g/mol. The highest BCUT2D eigenvalue weighted by Gasteiger charge is 2.32. The Bertz CT molecular complexity index is 375. The molecule has 1 rings (SSSR count). The minimum absolute atomic E-state index is 0.0402. The molecule has 0 aliphatic carbocycles. The Morgan fingerprint density at radius 3 is 2.29 bits per heavy atom. The van der Waals surface area contributed by atoms with Gasteiger partial charge in [-0.25, -0.2) is 0 Å². The van der Waals surface area contributed by atoms with Crippen LogP contribution in [-0.2, 0) is 6.18 Å². The minimum atomic E-state index is -4.40. The second-order valence-corrected chi connectivity index (χ2v) is 3.97. The zero-order valence-corrected chi connectivity index (χ0v) is 9.44. The first-order chi connectivity index (χ1) is 6.32. The monoisotopic (exact) mass is 334 g/mol. The molecule has 1 aromatic rings. The van der Waals surface area contributed by atoms with E-state index >= 15 is 0 Å². The summed E-state index contributed by atoms with van der Waals surface area (Å²) in [5.74, 6) is 0. The number of alkyl halides is 3. The topological polar surface area (TPSA) is 17.1 Å². The summed E-state index contributed by atoms with van der Waals surface area (Å²) in [4.78, 5) is 10.6. The van der Waals surface area contributed by atoms with Crippen LogP contribution in [0.15, 0.2) is 18.2 Å². The van der Waals surface area contributed by atoms with Gasteiger partial charge in [-0.05, 0) is 52.4 Å². The number of halogens is 5. The number of hydrogen-bond donors (Lipinski definition) is 0. The summed E-state index contributed by atoms with van der Waals surface area (Å²) in [5, 5.41) is -0.767. The maximum absolute atomic E-state index is 12.3. The van der Waals surface area contributed by atoms with Crippen LogP contribution >= 0.6 is 34.2 Å². The summed E-state index contributed by atoms with van der Waals surface area (Å²) in [6.45, 7) is 0. The van der Waals surface area contributed by atoms with E-state index < -0.39 is 17.0 Å². The molecule has 0 bridgehead atoms. The van der Waals surface area contributed by atoms with Crippen molar-refractivity contribution in [2.75, 3.05) is 0 Å². The summed E-state index contributed by atoms with van der Waals surface area (Å²) in [5.41, 5.74) is -0.705. The lowest BCUT2D eigenvalue weighted by Crippen LogP contribution is -2.08. The van der Waals surface area contributed by atoms with Crippen LogP contribution in [0.5, 0.6) is 0 Å². The standard InChI is InChI=1S/C8H3ClF3IO/c9-7(14)4-1-2-5(6(13)3-4)8(10,11)12/h1-3H. The molecule has 0 amide bonds. The fourth-order valence-corrected chi connectivity index (χ4v) is 1.81. The molecule has 1 aromatic carbocycles. The molecule has 0 fully saturated rings. The van der Waals surface area contributed by atoms with Crippen LogP contribution in [0.25, 0.3) is 0 Å². The van der Waals surface area contributed by atoms with E-state index in [0.29, 0.717) is 0 Å². The van der Waals surface area contributed by atoms with Gasteiger partial charge in [0.05, 0.1) is 5.56 Å². The highest BCUT2D eigenvalue weighted by atomic mass is 127. The third-order valence-corrected chi connectivity index (χ3v) is 2.61. The Morgan fingerprint density at radius 2 is 1.93 bits per heavy atom. The molecule has 14 heavy (non-hydrogen) atoms. The lowest BCUT2D eigenvalue weighted by molar-refractivity contribution is -0.138. The summed E-state index contributed by atoms with van der Waals surface area (Å²) in [6, 6.07) is 3.01. The molecule has 0 saturated carbocycles. The van der Waals surface area contributed by atoms with Crippen molar-refractivity contribution in [2.24, 2.45) is 0 Å². The second kappa shape index (κ2) is 4.06. The zero-order valence-electron chi connectivity index (χ0n) is 6.53. The van der Waals surface area contributed by atoms with Gasteiger partial charge in [0, 0.05) is 9.13 Å². The summed E-state index contributed by atoms with van der Waals surface area (Å²) in [6.07, 6.45) is -4.40. The number of rotatable bonds is 1. The van der Waals surface area contributed by atoms with Gasteiger partial charge in [0.1, 0.15) is 0 Å². The van der Waals surface area contributed by atoms with Gasteiger partial charge in [-0.1, -0.05) is 0 Å². The summed E-state index contributed by atoms with van der Waals surface area (Å²) in [7, 11) is 0. The molecule has 0 spiro atoms. The predicted molar refractivity (Wildman–Crippen MR) is 54.3 cm³/mol. The first-order valence-corrected chi connectivity index (χ1v) is 4.84. The highest BCUT2D eigenvalue weighted by molar-refractivity contribution is 14.1. The molecule has 76 valence electrons. The lowest BCUT2D eigenvalue weighted by Gasteiger charge is -2.08. The van der Waals surface area contributed by atoms with Crippen LogP contribution in [0.1, 0.15) is 15.9 Å². The van der Waals surface area contributed by atoms with Crippen molar-refractivity contribution in [3.8, 4) is 0 Å². The molecular weight excluding hydrogens is 331 g/mol. The largest absolute Gasteiger partial charge is 0.417 e. The Morgan fingerprint density at radius 1 is 1.36 bits per heavy atom.